The fraction of sp³-hybridized carbons (Fsp3) is 0.442. The van der Waals surface area contributed by atoms with Gasteiger partial charge in [0.25, 0.3) is 0 Å². The Morgan fingerprint density at radius 1 is 0.855 bits per heavy atom. The molecule has 12 heteroatoms. The number of benzene rings is 3. The first kappa shape index (κ1) is 38.3. The summed E-state index contributed by atoms with van der Waals surface area (Å²) in [4.78, 5) is 61.9. The van der Waals surface area contributed by atoms with Gasteiger partial charge in [-0.1, -0.05) is 91.4 Å². The van der Waals surface area contributed by atoms with Gasteiger partial charge in [0.1, 0.15) is 6.04 Å². The minimum absolute atomic E-state index is 0.110. The molecule has 0 aliphatic carbocycles. The molecule has 3 amide bonds. The van der Waals surface area contributed by atoms with E-state index in [0.717, 1.165) is 49.2 Å². The number of esters is 1. The van der Waals surface area contributed by atoms with E-state index in [4.69, 9.17) is 4.74 Å². The fourth-order valence-corrected chi connectivity index (χ4v) is 8.75. The van der Waals surface area contributed by atoms with Crippen LogP contribution in [0.1, 0.15) is 66.7 Å². The van der Waals surface area contributed by atoms with Crippen molar-refractivity contribution in [2.45, 2.75) is 75.3 Å². The number of nitrogens with one attached hydrogen (secondary N) is 1. The number of hydrogen-bond acceptors (Lipinski definition) is 6. The first-order valence-corrected chi connectivity index (χ1v) is 19.3. The molecule has 3 aromatic carbocycles. The van der Waals surface area contributed by atoms with Crippen molar-refractivity contribution >= 4 is 29.8 Å². The van der Waals surface area contributed by atoms with Gasteiger partial charge in [-0.25, -0.2) is 0 Å². The van der Waals surface area contributed by atoms with Gasteiger partial charge in [-0.2, -0.15) is 13.2 Å². The highest BCUT2D eigenvalue weighted by molar-refractivity contribution is 5.98. The van der Waals surface area contributed by atoms with Crippen molar-refractivity contribution in [1.82, 2.24) is 20.0 Å². The minimum Gasteiger partial charge on any atom is -0.465 e. The van der Waals surface area contributed by atoms with Crippen LogP contribution in [-0.2, 0) is 36.6 Å². The van der Waals surface area contributed by atoms with Gasteiger partial charge < -0.3 is 24.8 Å². The summed E-state index contributed by atoms with van der Waals surface area (Å²) < 4.78 is 46.0. The number of nitrogens with zero attached hydrogens (tertiary/aromatic N) is 3. The lowest BCUT2D eigenvalue weighted by atomic mass is 9.70. The zero-order valence-electron chi connectivity index (χ0n) is 30.7. The van der Waals surface area contributed by atoms with E-state index in [0.29, 0.717) is 19.1 Å². The van der Waals surface area contributed by atoms with E-state index in [1.165, 1.54) is 36.3 Å². The highest BCUT2D eigenvalue weighted by atomic mass is 19.4. The van der Waals surface area contributed by atoms with Gasteiger partial charge in [-0.3, -0.25) is 19.2 Å². The molecule has 4 heterocycles. The predicted molar refractivity (Wildman–Crippen MR) is 200 cm³/mol. The number of hydrogen-bond donors (Lipinski definition) is 1. The summed E-state index contributed by atoms with van der Waals surface area (Å²) >= 11 is 0. The van der Waals surface area contributed by atoms with Crippen LogP contribution in [0, 0.1) is 11.8 Å². The molecule has 5 atom stereocenters. The summed E-state index contributed by atoms with van der Waals surface area (Å²) in [7, 11) is 0. The number of carbonyl (C=O) groups excluding carboxylic acids is 4. The van der Waals surface area contributed by atoms with Crippen LogP contribution in [0.2, 0.25) is 0 Å². The third-order valence-corrected chi connectivity index (χ3v) is 11.7. The second-order valence-electron chi connectivity index (χ2n) is 15.0. The molecule has 4 aliphatic rings. The number of rotatable bonds is 11. The van der Waals surface area contributed by atoms with Crippen LogP contribution in [0.5, 0.6) is 0 Å². The molecular formula is C43H47F3N4O5. The van der Waals surface area contributed by atoms with Crippen LogP contribution >= 0.6 is 0 Å². The Hall–Kier alpha value is -4.97. The number of cyclic esters (lactones) is 1. The summed E-state index contributed by atoms with van der Waals surface area (Å²) in [6.07, 6.45) is 3.97. The van der Waals surface area contributed by atoms with Crippen molar-refractivity contribution in [3.8, 4) is 0 Å². The zero-order valence-corrected chi connectivity index (χ0v) is 30.7. The highest BCUT2D eigenvalue weighted by Gasteiger charge is 2.59. The molecule has 290 valence electrons. The Morgan fingerprint density at radius 2 is 1.55 bits per heavy atom. The normalized spacial score (nSPS) is 24.4. The molecule has 0 spiro atoms. The molecule has 55 heavy (non-hydrogen) atoms. The van der Waals surface area contributed by atoms with E-state index in [1.807, 2.05) is 66.7 Å². The quantitative estimate of drug-likeness (QED) is 0.189. The lowest BCUT2D eigenvalue weighted by molar-refractivity contribution is -0.170. The summed E-state index contributed by atoms with van der Waals surface area (Å²) in [5, 5.41) is 2.73. The smallest absolute Gasteiger partial charge is 0.416 e. The van der Waals surface area contributed by atoms with Crippen LogP contribution in [0.15, 0.2) is 91.0 Å². The van der Waals surface area contributed by atoms with Crippen molar-refractivity contribution in [1.29, 1.82) is 0 Å². The summed E-state index contributed by atoms with van der Waals surface area (Å²) in [6.45, 7) is 3.04. The third-order valence-electron chi connectivity index (χ3n) is 11.7. The second-order valence-corrected chi connectivity index (χ2v) is 15.0. The molecule has 7 rings (SSSR count). The molecule has 4 fully saturated rings. The molecule has 0 aromatic heterocycles. The predicted octanol–water partition coefficient (Wildman–Crippen LogP) is 6.05. The summed E-state index contributed by atoms with van der Waals surface area (Å²) in [5.41, 5.74) is 1.07. The van der Waals surface area contributed by atoms with Crippen LogP contribution in [0.4, 0.5) is 13.2 Å². The molecule has 1 N–H and O–H groups in total. The number of ether oxygens (including phenoxy) is 1. The number of likely N-dealkylation sites (tertiary alicyclic amines) is 3. The van der Waals surface area contributed by atoms with Crippen LogP contribution in [0.25, 0.3) is 6.08 Å². The van der Waals surface area contributed by atoms with E-state index < -0.39 is 59.4 Å². The Bertz CT molecular complexity index is 1860. The average molecular weight is 757 g/mol. The molecule has 4 aliphatic heterocycles. The summed E-state index contributed by atoms with van der Waals surface area (Å²) in [5.74, 6) is -3.97. The maximum atomic E-state index is 14.5. The molecule has 4 saturated heterocycles. The molecule has 1 unspecified atom stereocenters. The lowest BCUT2D eigenvalue weighted by Crippen LogP contribution is -2.69. The van der Waals surface area contributed by atoms with E-state index in [1.54, 1.807) is 11.0 Å². The molecular weight excluding hydrogens is 709 g/mol. The Kier molecular flexibility index (Phi) is 11.7. The highest BCUT2D eigenvalue weighted by Crippen LogP contribution is 2.46. The van der Waals surface area contributed by atoms with Crippen molar-refractivity contribution < 1.29 is 37.1 Å². The number of amides is 3. The topological polar surface area (TPSA) is 99.3 Å². The maximum absolute atomic E-state index is 14.5. The van der Waals surface area contributed by atoms with Gasteiger partial charge >= 0.3 is 12.1 Å². The van der Waals surface area contributed by atoms with Gasteiger partial charge in [-0.05, 0) is 67.6 Å². The van der Waals surface area contributed by atoms with Crippen LogP contribution in [-0.4, -0.2) is 89.3 Å². The average Bonchev–Trinajstić information content (AvgIpc) is 3.58. The van der Waals surface area contributed by atoms with Crippen molar-refractivity contribution in [3.05, 3.63) is 113 Å². The lowest BCUT2D eigenvalue weighted by Gasteiger charge is -2.51. The van der Waals surface area contributed by atoms with Gasteiger partial charge in [0.2, 0.25) is 17.7 Å². The standard InChI is InChI=1S/C43H47F3N4O5/c44-43(45,46)32-16-10-13-30(25-32)27-47-40(52)36(26-37(51)49-23-19-33(20-24-49)48-21-8-3-9-22-48)50-35(18-17-29-11-4-1-5-12-29)39(41(50)53)38-34(28-55-42(38)54)31-14-6-2-7-15-31/h1-2,4-7,10-18,25,33-36,38-39H,3,8-9,19-24,26-28H2,(H,47,52)/b18-17+/t34-,35-,36-,38?,39-/m1/s1. The van der Waals surface area contributed by atoms with E-state index >= 15 is 0 Å². The van der Waals surface area contributed by atoms with Crippen LogP contribution < -0.4 is 5.32 Å². The number of carbonyl (C=O) groups is 4. The van der Waals surface area contributed by atoms with Crippen molar-refractivity contribution in [2.75, 3.05) is 32.8 Å². The van der Waals surface area contributed by atoms with Gasteiger partial charge in [0.15, 0.2) is 0 Å². The number of β-lactam (4-membered cyclic amide) rings is 1. The zero-order chi connectivity index (χ0) is 38.5. The van der Waals surface area contributed by atoms with E-state index in [9.17, 15) is 32.3 Å². The minimum atomic E-state index is -4.56. The first-order valence-electron chi connectivity index (χ1n) is 19.3. The number of piperidine rings is 2. The first-order chi connectivity index (χ1) is 26.6. The monoisotopic (exact) mass is 756 g/mol. The molecule has 0 bridgehead atoms. The Balaban J connectivity index is 1.16. The van der Waals surface area contributed by atoms with Gasteiger partial charge in [-0.15, -0.1) is 0 Å². The van der Waals surface area contributed by atoms with Crippen molar-refractivity contribution in [3.63, 3.8) is 0 Å². The van der Waals surface area contributed by atoms with Gasteiger partial charge in [0.05, 0.1) is 36.5 Å². The van der Waals surface area contributed by atoms with Crippen molar-refractivity contribution in [2.24, 2.45) is 11.8 Å². The second kappa shape index (κ2) is 16.8. The molecule has 0 radical (unpaired) electrons. The summed E-state index contributed by atoms with van der Waals surface area (Å²) in [6, 6.07) is 21.8. The molecule has 0 saturated carbocycles. The van der Waals surface area contributed by atoms with E-state index in [2.05, 4.69) is 10.2 Å². The maximum Gasteiger partial charge on any atom is 0.416 e. The molecule has 3 aromatic rings. The Labute approximate surface area is 319 Å². The third kappa shape index (κ3) is 8.64. The number of alkyl halides is 3. The SMILES string of the molecule is O=C1OC[C@H](c2ccccc2)C1[C@@H]1C(=O)N([C@H](CC(=O)N2CCC(N3CCCCC3)CC2)C(=O)NCc2cccc(C(F)(F)F)c2)[C@@H]1/C=C/c1ccccc1. The largest absolute Gasteiger partial charge is 0.465 e. The Morgan fingerprint density at radius 3 is 2.24 bits per heavy atom. The number of halogens is 3. The molecule has 9 nitrogen and oxygen atoms in total. The van der Waals surface area contributed by atoms with E-state index in [-0.39, 0.29) is 31.0 Å². The van der Waals surface area contributed by atoms with Gasteiger partial charge in [0, 0.05) is 31.6 Å². The van der Waals surface area contributed by atoms with Crippen LogP contribution in [0.3, 0.4) is 0 Å². The fourth-order valence-electron chi connectivity index (χ4n) is 8.75.